The zero-order valence-electron chi connectivity index (χ0n) is 15.4. The molecule has 0 atom stereocenters. The van der Waals surface area contributed by atoms with Crippen LogP contribution in [0.5, 0.6) is 0 Å². The van der Waals surface area contributed by atoms with Gasteiger partial charge in [-0.15, -0.1) is 0 Å². The van der Waals surface area contributed by atoms with Crippen molar-refractivity contribution in [1.29, 1.82) is 0 Å². The van der Waals surface area contributed by atoms with Crippen LogP contribution in [-0.4, -0.2) is 30.9 Å². The highest BCUT2D eigenvalue weighted by Gasteiger charge is 2.16. The fraction of sp³-hybridized carbons (Fsp3) is 0.250. The highest BCUT2D eigenvalue weighted by atomic mass is 35.5. The molecule has 0 aliphatic rings. The summed E-state index contributed by atoms with van der Waals surface area (Å²) >= 11 is 5.79. The minimum atomic E-state index is -0.858. The van der Waals surface area contributed by atoms with Gasteiger partial charge in [0.05, 0.1) is 21.8 Å². The maximum Gasteiger partial charge on any atom is 0.340 e. The van der Waals surface area contributed by atoms with Crippen LogP contribution in [0.15, 0.2) is 42.5 Å². The van der Waals surface area contributed by atoms with Crippen molar-refractivity contribution in [3.63, 3.8) is 0 Å². The molecule has 0 saturated carbocycles. The standard InChI is InChI=1S/C20H20ClFN2O4/c1-12(2)10-23-19(26)15-5-3-4-6-17(15)24-18(25)11-28-20(27)14-8-7-13(22)9-16(14)21/h3-9,12H,10-11H2,1-2H3,(H,23,26)(H,24,25). The van der Waals surface area contributed by atoms with E-state index in [1.807, 2.05) is 13.8 Å². The van der Waals surface area contributed by atoms with Crippen molar-refractivity contribution in [3.05, 3.63) is 64.4 Å². The second-order valence-corrected chi connectivity index (χ2v) is 6.81. The minimum Gasteiger partial charge on any atom is -0.452 e. The summed E-state index contributed by atoms with van der Waals surface area (Å²) in [6.45, 7) is 3.84. The average molecular weight is 407 g/mol. The van der Waals surface area contributed by atoms with Crippen molar-refractivity contribution in [2.24, 2.45) is 5.92 Å². The number of halogens is 2. The smallest absolute Gasteiger partial charge is 0.340 e. The summed E-state index contributed by atoms with van der Waals surface area (Å²) in [6, 6.07) is 9.71. The molecule has 2 aromatic carbocycles. The summed E-state index contributed by atoms with van der Waals surface area (Å²) in [5.74, 6) is -2.12. The number of benzene rings is 2. The van der Waals surface area contributed by atoms with Gasteiger partial charge in [-0.2, -0.15) is 0 Å². The van der Waals surface area contributed by atoms with Crippen LogP contribution in [0.3, 0.4) is 0 Å². The van der Waals surface area contributed by atoms with Gasteiger partial charge in [0.15, 0.2) is 6.61 Å². The predicted molar refractivity (Wildman–Crippen MR) is 104 cm³/mol. The summed E-state index contributed by atoms with van der Waals surface area (Å²) in [5.41, 5.74) is 0.540. The normalized spacial score (nSPS) is 10.5. The van der Waals surface area contributed by atoms with E-state index in [0.29, 0.717) is 17.8 Å². The van der Waals surface area contributed by atoms with Crippen LogP contribution in [0, 0.1) is 11.7 Å². The quantitative estimate of drug-likeness (QED) is 0.687. The van der Waals surface area contributed by atoms with Crippen molar-refractivity contribution >= 4 is 35.1 Å². The molecule has 0 aliphatic carbocycles. The molecule has 8 heteroatoms. The first-order chi connectivity index (χ1) is 13.3. The number of esters is 1. The number of para-hydroxylation sites is 1. The van der Waals surface area contributed by atoms with Crippen LogP contribution in [0.1, 0.15) is 34.6 Å². The van der Waals surface area contributed by atoms with Crippen molar-refractivity contribution in [2.75, 3.05) is 18.5 Å². The zero-order valence-corrected chi connectivity index (χ0v) is 16.2. The summed E-state index contributed by atoms with van der Waals surface area (Å²) in [4.78, 5) is 36.4. The Balaban J connectivity index is 1.98. The number of amides is 2. The first kappa shape index (κ1) is 21.4. The van der Waals surface area contributed by atoms with Gasteiger partial charge in [0, 0.05) is 6.54 Å². The molecule has 0 radical (unpaired) electrons. The van der Waals surface area contributed by atoms with Gasteiger partial charge in [-0.25, -0.2) is 9.18 Å². The van der Waals surface area contributed by atoms with Gasteiger partial charge in [-0.05, 0) is 36.2 Å². The Kier molecular flexibility index (Phi) is 7.52. The number of hydrogen-bond donors (Lipinski definition) is 2. The van der Waals surface area contributed by atoms with E-state index in [4.69, 9.17) is 16.3 Å². The van der Waals surface area contributed by atoms with Crippen LogP contribution < -0.4 is 10.6 Å². The maximum atomic E-state index is 13.0. The molecule has 2 aromatic rings. The van der Waals surface area contributed by atoms with E-state index in [-0.39, 0.29) is 22.4 Å². The Bertz CT molecular complexity index is 886. The lowest BCUT2D eigenvalue weighted by molar-refractivity contribution is -0.119. The van der Waals surface area contributed by atoms with Crippen LogP contribution >= 0.6 is 11.6 Å². The van der Waals surface area contributed by atoms with Crippen LogP contribution in [0.25, 0.3) is 0 Å². The van der Waals surface area contributed by atoms with Gasteiger partial charge in [0.25, 0.3) is 11.8 Å². The van der Waals surface area contributed by atoms with Crippen LogP contribution in [0.2, 0.25) is 5.02 Å². The molecule has 0 heterocycles. The van der Waals surface area contributed by atoms with Crippen molar-refractivity contribution < 1.29 is 23.5 Å². The Morgan fingerprint density at radius 1 is 1.11 bits per heavy atom. The lowest BCUT2D eigenvalue weighted by Gasteiger charge is -2.12. The van der Waals surface area contributed by atoms with E-state index in [1.165, 1.54) is 6.07 Å². The van der Waals surface area contributed by atoms with E-state index in [1.54, 1.807) is 24.3 Å². The number of carbonyl (C=O) groups excluding carboxylic acids is 3. The van der Waals surface area contributed by atoms with Crippen LogP contribution in [0.4, 0.5) is 10.1 Å². The lowest BCUT2D eigenvalue weighted by atomic mass is 10.1. The minimum absolute atomic E-state index is 0.0515. The molecular weight excluding hydrogens is 387 g/mol. The summed E-state index contributed by atoms with van der Waals surface area (Å²) in [5, 5.41) is 5.20. The Morgan fingerprint density at radius 3 is 2.50 bits per heavy atom. The number of nitrogens with one attached hydrogen (secondary N) is 2. The van der Waals surface area contributed by atoms with E-state index in [2.05, 4.69) is 10.6 Å². The third-order valence-electron chi connectivity index (χ3n) is 3.60. The number of carbonyl (C=O) groups is 3. The molecule has 148 valence electrons. The topological polar surface area (TPSA) is 84.5 Å². The molecule has 0 unspecified atom stereocenters. The molecule has 2 amide bonds. The number of hydrogen-bond acceptors (Lipinski definition) is 4. The summed E-state index contributed by atoms with van der Waals surface area (Å²) < 4.78 is 17.9. The number of anilines is 1. The molecule has 0 saturated heterocycles. The second-order valence-electron chi connectivity index (χ2n) is 6.40. The van der Waals surface area contributed by atoms with Gasteiger partial charge in [0.1, 0.15) is 5.82 Å². The van der Waals surface area contributed by atoms with Crippen LogP contribution in [-0.2, 0) is 9.53 Å². The van der Waals surface area contributed by atoms with E-state index in [0.717, 1.165) is 12.1 Å². The zero-order chi connectivity index (χ0) is 20.7. The molecule has 0 aliphatic heterocycles. The molecule has 0 aromatic heterocycles. The number of rotatable bonds is 7. The van der Waals surface area contributed by atoms with E-state index >= 15 is 0 Å². The van der Waals surface area contributed by atoms with Crippen molar-refractivity contribution in [1.82, 2.24) is 5.32 Å². The maximum absolute atomic E-state index is 13.0. The second kappa shape index (κ2) is 9.85. The van der Waals surface area contributed by atoms with Gasteiger partial charge in [-0.3, -0.25) is 9.59 Å². The molecule has 0 fully saturated rings. The van der Waals surface area contributed by atoms with Gasteiger partial charge < -0.3 is 15.4 Å². The summed E-state index contributed by atoms with van der Waals surface area (Å²) in [7, 11) is 0. The Hall–Kier alpha value is -2.93. The molecular formula is C20H20ClFN2O4. The predicted octanol–water partition coefficient (Wildman–Crippen LogP) is 3.66. The van der Waals surface area contributed by atoms with Gasteiger partial charge >= 0.3 is 5.97 Å². The molecule has 6 nitrogen and oxygen atoms in total. The fourth-order valence-corrected chi connectivity index (χ4v) is 2.48. The molecule has 2 N–H and O–H groups in total. The van der Waals surface area contributed by atoms with E-state index in [9.17, 15) is 18.8 Å². The average Bonchev–Trinajstić information content (AvgIpc) is 2.64. The van der Waals surface area contributed by atoms with Gasteiger partial charge in [0.2, 0.25) is 0 Å². The van der Waals surface area contributed by atoms with E-state index < -0.39 is 24.3 Å². The van der Waals surface area contributed by atoms with Gasteiger partial charge in [-0.1, -0.05) is 37.6 Å². The van der Waals surface area contributed by atoms with Crippen molar-refractivity contribution in [2.45, 2.75) is 13.8 Å². The highest BCUT2D eigenvalue weighted by molar-refractivity contribution is 6.33. The fourth-order valence-electron chi connectivity index (χ4n) is 2.23. The molecule has 28 heavy (non-hydrogen) atoms. The highest BCUT2D eigenvalue weighted by Crippen LogP contribution is 2.18. The largest absolute Gasteiger partial charge is 0.452 e. The lowest BCUT2D eigenvalue weighted by Crippen LogP contribution is -2.29. The third kappa shape index (κ3) is 6.06. The molecule has 0 bridgehead atoms. The summed E-state index contributed by atoms with van der Waals surface area (Å²) in [6.07, 6.45) is 0. The van der Waals surface area contributed by atoms with Crippen molar-refractivity contribution in [3.8, 4) is 0 Å². The number of ether oxygens (including phenoxy) is 1. The SMILES string of the molecule is CC(C)CNC(=O)c1ccccc1NC(=O)COC(=O)c1ccc(F)cc1Cl. The Labute approximate surface area is 167 Å². The molecule has 0 spiro atoms. The third-order valence-corrected chi connectivity index (χ3v) is 3.91. The first-order valence-corrected chi connectivity index (χ1v) is 8.95. The monoisotopic (exact) mass is 406 g/mol. The Morgan fingerprint density at radius 2 is 1.82 bits per heavy atom. The first-order valence-electron chi connectivity index (χ1n) is 8.57. The molecule has 2 rings (SSSR count).